The molecule has 1 aliphatic heterocycles. The van der Waals surface area contributed by atoms with E-state index in [-0.39, 0.29) is 13.1 Å². The molecular weight excluding hydrogens is 212 g/mol. The highest BCUT2D eigenvalue weighted by Gasteiger charge is 2.20. The summed E-state index contributed by atoms with van der Waals surface area (Å²) in [7, 11) is 0. The predicted molar refractivity (Wildman–Crippen MR) is 56.8 cm³/mol. The fraction of sp³-hybridized carbons (Fsp3) is 0.800. The molecule has 1 aliphatic rings. The van der Waals surface area contributed by atoms with Crippen LogP contribution in [0.1, 0.15) is 12.8 Å². The molecule has 0 aromatic heterocycles. The number of carbonyl (C=O) groups excluding carboxylic acids is 1. The Labute approximate surface area is 94.3 Å². The molecular formula is C10H18N2O4. The van der Waals surface area contributed by atoms with Gasteiger partial charge in [0.25, 0.3) is 0 Å². The first-order valence-electron chi connectivity index (χ1n) is 5.38. The van der Waals surface area contributed by atoms with E-state index in [9.17, 15) is 9.59 Å². The molecule has 1 rings (SSSR count). The molecule has 6 heteroatoms. The minimum atomic E-state index is -0.937. The van der Waals surface area contributed by atoms with Crippen LogP contribution in [0, 0.1) is 5.92 Å². The second-order valence-electron chi connectivity index (χ2n) is 4.09. The number of nitrogens with zero attached hydrogens (tertiary/aromatic N) is 1. The third-order valence-electron chi connectivity index (χ3n) is 2.60. The Kier molecular flexibility index (Phi) is 5.21. The number of aliphatic carboxylic acids is 1. The van der Waals surface area contributed by atoms with Gasteiger partial charge in [0.1, 0.15) is 0 Å². The van der Waals surface area contributed by atoms with Gasteiger partial charge in [-0.1, -0.05) is 0 Å². The Morgan fingerprint density at radius 1 is 1.31 bits per heavy atom. The molecule has 1 fully saturated rings. The Morgan fingerprint density at radius 2 is 1.94 bits per heavy atom. The number of hydrogen-bond donors (Lipinski definition) is 2. The minimum Gasteiger partial charge on any atom is -0.480 e. The predicted octanol–water partition coefficient (Wildman–Crippen LogP) is -0.715. The molecule has 0 unspecified atom stereocenters. The molecule has 1 heterocycles. The number of carbonyl (C=O) groups is 2. The molecule has 16 heavy (non-hydrogen) atoms. The largest absolute Gasteiger partial charge is 0.480 e. The number of carboxylic acid groups (broad SMARTS) is 1. The standard InChI is InChI=1S/C10H18N2O4/c11-9(13)6-12(7-10(14)15)5-8-1-3-16-4-2-8/h8H,1-7H2,(H2,11,13)(H,14,15). The van der Waals surface area contributed by atoms with Gasteiger partial charge in [0, 0.05) is 19.8 Å². The summed E-state index contributed by atoms with van der Waals surface area (Å²) in [5, 5.41) is 8.71. The van der Waals surface area contributed by atoms with Gasteiger partial charge in [-0.2, -0.15) is 0 Å². The average Bonchev–Trinajstić information content (AvgIpc) is 2.16. The van der Waals surface area contributed by atoms with Crippen molar-refractivity contribution in [3.8, 4) is 0 Å². The lowest BCUT2D eigenvalue weighted by Gasteiger charge is -2.27. The Balaban J connectivity index is 2.40. The van der Waals surface area contributed by atoms with E-state index < -0.39 is 11.9 Å². The summed E-state index contributed by atoms with van der Waals surface area (Å²) in [6.45, 7) is 1.88. The van der Waals surface area contributed by atoms with Crippen molar-refractivity contribution < 1.29 is 19.4 Å². The van der Waals surface area contributed by atoms with Crippen LogP contribution in [0.15, 0.2) is 0 Å². The number of rotatable bonds is 6. The van der Waals surface area contributed by atoms with E-state index in [0.29, 0.717) is 25.7 Å². The van der Waals surface area contributed by atoms with Gasteiger partial charge < -0.3 is 15.6 Å². The summed E-state index contributed by atoms with van der Waals surface area (Å²) in [4.78, 5) is 23.0. The maximum atomic E-state index is 10.8. The van der Waals surface area contributed by atoms with Crippen molar-refractivity contribution in [3.63, 3.8) is 0 Å². The smallest absolute Gasteiger partial charge is 0.317 e. The van der Waals surface area contributed by atoms with Crippen LogP contribution in [0.5, 0.6) is 0 Å². The number of ether oxygens (including phenoxy) is 1. The lowest BCUT2D eigenvalue weighted by Crippen LogP contribution is -2.41. The van der Waals surface area contributed by atoms with E-state index in [1.54, 1.807) is 4.90 Å². The molecule has 0 bridgehead atoms. The number of carboxylic acids is 1. The van der Waals surface area contributed by atoms with E-state index in [0.717, 1.165) is 12.8 Å². The van der Waals surface area contributed by atoms with Crippen molar-refractivity contribution in [2.24, 2.45) is 11.7 Å². The lowest BCUT2D eigenvalue weighted by molar-refractivity contribution is -0.138. The van der Waals surface area contributed by atoms with Crippen LogP contribution in [0.4, 0.5) is 0 Å². The highest BCUT2D eigenvalue weighted by molar-refractivity contribution is 5.77. The highest BCUT2D eigenvalue weighted by atomic mass is 16.5. The van der Waals surface area contributed by atoms with Crippen molar-refractivity contribution in [2.75, 3.05) is 32.8 Å². The maximum absolute atomic E-state index is 10.8. The number of nitrogens with two attached hydrogens (primary N) is 1. The van der Waals surface area contributed by atoms with Crippen LogP contribution in [-0.4, -0.2) is 54.7 Å². The molecule has 6 nitrogen and oxygen atoms in total. The third kappa shape index (κ3) is 5.09. The van der Waals surface area contributed by atoms with Crippen LogP contribution in [0.3, 0.4) is 0 Å². The molecule has 3 N–H and O–H groups in total. The van der Waals surface area contributed by atoms with E-state index in [1.807, 2.05) is 0 Å². The van der Waals surface area contributed by atoms with Gasteiger partial charge in [-0.05, 0) is 18.8 Å². The summed E-state index contributed by atoms with van der Waals surface area (Å²) in [6.07, 6.45) is 1.82. The van der Waals surface area contributed by atoms with Crippen molar-refractivity contribution >= 4 is 11.9 Å². The minimum absolute atomic E-state index is 0.00363. The summed E-state index contributed by atoms with van der Waals surface area (Å²) in [5.41, 5.74) is 5.08. The van der Waals surface area contributed by atoms with Gasteiger partial charge in [-0.25, -0.2) is 0 Å². The second-order valence-corrected chi connectivity index (χ2v) is 4.09. The van der Waals surface area contributed by atoms with E-state index in [4.69, 9.17) is 15.6 Å². The van der Waals surface area contributed by atoms with Gasteiger partial charge in [-0.15, -0.1) is 0 Å². The molecule has 0 atom stereocenters. The van der Waals surface area contributed by atoms with Gasteiger partial charge in [-0.3, -0.25) is 14.5 Å². The second kappa shape index (κ2) is 6.44. The van der Waals surface area contributed by atoms with Crippen molar-refractivity contribution in [3.05, 3.63) is 0 Å². The molecule has 0 spiro atoms. The van der Waals surface area contributed by atoms with E-state index >= 15 is 0 Å². The molecule has 0 saturated carbocycles. The normalized spacial score (nSPS) is 17.6. The molecule has 1 amide bonds. The summed E-state index contributed by atoms with van der Waals surface area (Å²) in [6, 6.07) is 0. The maximum Gasteiger partial charge on any atom is 0.317 e. The van der Waals surface area contributed by atoms with Crippen LogP contribution in [-0.2, 0) is 14.3 Å². The third-order valence-corrected chi connectivity index (χ3v) is 2.60. The SMILES string of the molecule is NC(=O)CN(CC(=O)O)CC1CCOCC1. The average molecular weight is 230 g/mol. The summed E-state index contributed by atoms with van der Waals surface area (Å²) < 4.78 is 5.22. The van der Waals surface area contributed by atoms with Gasteiger partial charge in [0.05, 0.1) is 13.1 Å². The topological polar surface area (TPSA) is 92.9 Å². The van der Waals surface area contributed by atoms with E-state index in [1.165, 1.54) is 0 Å². The fourth-order valence-corrected chi connectivity index (χ4v) is 1.89. The van der Waals surface area contributed by atoms with Crippen LogP contribution >= 0.6 is 0 Å². The van der Waals surface area contributed by atoms with Crippen molar-refractivity contribution in [1.29, 1.82) is 0 Å². The van der Waals surface area contributed by atoms with Gasteiger partial charge >= 0.3 is 5.97 Å². The summed E-state index contributed by atoms with van der Waals surface area (Å²) in [5.74, 6) is -1.03. The number of amides is 1. The molecule has 0 radical (unpaired) electrons. The van der Waals surface area contributed by atoms with Crippen LogP contribution in [0.25, 0.3) is 0 Å². The number of hydrogen-bond acceptors (Lipinski definition) is 4. The van der Waals surface area contributed by atoms with Crippen molar-refractivity contribution in [2.45, 2.75) is 12.8 Å². The molecule has 0 aliphatic carbocycles. The van der Waals surface area contributed by atoms with E-state index in [2.05, 4.69) is 0 Å². The first-order valence-corrected chi connectivity index (χ1v) is 5.38. The fourth-order valence-electron chi connectivity index (χ4n) is 1.89. The monoisotopic (exact) mass is 230 g/mol. The molecule has 0 aromatic rings. The number of primary amides is 1. The lowest BCUT2D eigenvalue weighted by atomic mass is 10.00. The zero-order valence-electron chi connectivity index (χ0n) is 9.22. The summed E-state index contributed by atoms with van der Waals surface area (Å²) >= 11 is 0. The van der Waals surface area contributed by atoms with Crippen LogP contribution < -0.4 is 5.73 Å². The van der Waals surface area contributed by atoms with Crippen LogP contribution in [0.2, 0.25) is 0 Å². The first kappa shape index (κ1) is 12.9. The molecule has 0 aromatic carbocycles. The quantitative estimate of drug-likeness (QED) is 0.628. The zero-order chi connectivity index (χ0) is 12.0. The first-order chi connectivity index (χ1) is 7.58. The van der Waals surface area contributed by atoms with Gasteiger partial charge in [0.2, 0.25) is 5.91 Å². The molecule has 1 saturated heterocycles. The highest BCUT2D eigenvalue weighted by Crippen LogP contribution is 2.15. The zero-order valence-corrected chi connectivity index (χ0v) is 9.22. The Bertz CT molecular complexity index is 235. The van der Waals surface area contributed by atoms with Gasteiger partial charge in [0.15, 0.2) is 0 Å². The van der Waals surface area contributed by atoms with Crippen molar-refractivity contribution in [1.82, 2.24) is 4.90 Å². The Morgan fingerprint density at radius 3 is 2.44 bits per heavy atom. The Hall–Kier alpha value is -1.14. The molecule has 92 valence electrons.